The van der Waals surface area contributed by atoms with Crippen LogP contribution in [0.5, 0.6) is 0 Å². The summed E-state index contributed by atoms with van der Waals surface area (Å²) in [5.41, 5.74) is 2.19. The molecule has 0 amide bonds. The molecule has 0 radical (unpaired) electrons. The number of guanidine groups is 1. The molecule has 0 spiro atoms. The summed E-state index contributed by atoms with van der Waals surface area (Å²) in [6.45, 7) is 5.72. The molecular formula is C20H26IN5OS. The van der Waals surface area contributed by atoms with Crippen LogP contribution in [0.2, 0.25) is 0 Å². The normalized spacial score (nSPS) is 11.2. The molecular weight excluding hydrogens is 485 g/mol. The molecule has 0 bridgehead atoms. The molecule has 0 saturated carbocycles. The van der Waals surface area contributed by atoms with Crippen molar-refractivity contribution in [2.75, 3.05) is 13.6 Å². The van der Waals surface area contributed by atoms with Gasteiger partial charge >= 0.3 is 0 Å². The summed E-state index contributed by atoms with van der Waals surface area (Å²) in [5.74, 6) is 2.12. The number of rotatable bonds is 7. The van der Waals surface area contributed by atoms with Crippen molar-refractivity contribution in [1.82, 2.24) is 20.8 Å². The van der Waals surface area contributed by atoms with Gasteiger partial charge in [-0.25, -0.2) is 0 Å². The van der Waals surface area contributed by atoms with Gasteiger partial charge in [0.2, 0.25) is 0 Å². The third-order valence-corrected chi connectivity index (χ3v) is 5.14. The van der Waals surface area contributed by atoms with Gasteiger partial charge in [-0.2, -0.15) is 4.98 Å². The third-order valence-electron chi connectivity index (χ3n) is 4.14. The molecule has 3 aromatic rings. The van der Waals surface area contributed by atoms with E-state index in [1.807, 2.05) is 19.1 Å². The molecule has 150 valence electrons. The van der Waals surface area contributed by atoms with Gasteiger partial charge in [0.25, 0.3) is 5.89 Å². The highest BCUT2D eigenvalue weighted by Gasteiger charge is 2.07. The van der Waals surface area contributed by atoms with E-state index in [1.54, 1.807) is 18.4 Å². The van der Waals surface area contributed by atoms with Crippen molar-refractivity contribution in [2.24, 2.45) is 4.99 Å². The van der Waals surface area contributed by atoms with Crippen molar-refractivity contribution < 1.29 is 4.52 Å². The summed E-state index contributed by atoms with van der Waals surface area (Å²) in [7, 11) is 1.79. The van der Waals surface area contributed by atoms with Crippen molar-refractivity contribution in [3.8, 4) is 11.5 Å². The zero-order valence-corrected chi connectivity index (χ0v) is 19.5. The predicted octanol–water partition coefficient (Wildman–Crippen LogP) is 4.19. The zero-order chi connectivity index (χ0) is 19.1. The molecule has 3 rings (SSSR count). The van der Waals surface area contributed by atoms with Crippen LogP contribution < -0.4 is 10.6 Å². The van der Waals surface area contributed by atoms with E-state index in [0.29, 0.717) is 5.89 Å². The summed E-state index contributed by atoms with van der Waals surface area (Å²) in [4.78, 5) is 11.3. The first kappa shape index (κ1) is 22.4. The van der Waals surface area contributed by atoms with E-state index in [2.05, 4.69) is 57.0 Å². The Hall–Kier alpha value is -1.94. The Labute approximate surface area is 186 Å². The second-order valence-electron chi connectivity index (χ2n) is 6.18. The lowest BCUT2D eigenvalue weighted by atomic mass is 10.1. The highest BCUT2D eigenvalue weighted by atomic mass is 127. The molecule has 0 atom stereocenters. The Kier molecular flexibility index (Phi) is 8.91. The fraction of sp³-hybridized carbons (Fsp3) is 0.350. The molecule has 0 aliphatic heterocycles. The number of nitrogens with one attached hydrogen (secondary N) is 2. The molecule has 8 heteroatoms. The van der Waals surface area contributed by atoms with E-state index in [-0.39, 0.29) is 24.0 Å². The molecule has 0 saturated heterocycles. The summed E-state index contributed by atoms with van der Waals surface area (Å²) in [5, 5.41) is 10.6. The molecule has 0 fully saturated rings. The lowest BCUT2D eigenvalue weighted by Crippen LogP contribution is -2.37. The molecule has 0 aliphatic rings. The van der Waals surface area contributed by atoms with Crippen LogP contribution in [0.4, 0.5) is 0 Å². The summed E-state index contributed by atoms with van der Waals surface area (Å²) >= 11 is 1.80. The predicted molar refractivity (Wildman–Crippen MR) is 125 cm³/mol. The van der Waals surface area contributed by atoms with Crippen molar-refractivity contribution >= 4 is 41.3 Å². The first-order chi connectivity index (χ1) is 13.2. The molecule has 0 aliphatic carbocycles. The summed E-state index contributed by atoms with van der Waals surface area (Å²) < 4.78 is 5.28. The number of hydrogen-bond acceptors (Lipinski definition) is 5. The van der Waals surface area contributed by atoms with Gasteiger partial charge in [0.05, 0.1) is 6.54 Å². The van der Waals surface area contributed by atoms with Gasteiger partial charge < -0.3 is 15.2 Å². The number of aliphatic imine (C=N–C) groups is 1. The molecule has 2 aromatic heterocycles. The smallest absolute Gasteiger partial charge is 0.257 e. The third kappa shape index (κ3) is 6.30. The monoisotopic (exact) mass is 511 g/mol. The number of nitrogens with zero attached hydrogens (tertiary/aromatic N) is 3. The number of aromatic nitrogens is 2. The van der Waals surface area contributed by atoms with Crippen LogP contribution in [0.25, 0.3) is 11.5 Å². The SMILES string of the molecule is CCc1noc(-c2ccc(CCNC(=NC)NCc3ccc(C)s3)cc2)n1.I. The summed E-state index contributed by atoms with van der Waals surface area (Å²) in [6.07, 6.45) is 1.68. The maximum Gasteiger partial charge on any atom is 0.257 e. The number of hydrogen-bond donors (Lipinski definition) is 2. The van der Waals surface area contributed by atoms with Crippen LogP contribution in [0.3, 0.4) is 0 Å². The number of halogens is 1. The van der Waals surface area contributed by atoms with Gasteiger partial charge in [-0.05, 0) is 43.2 Å². The largest absolute Gasteiger partial charge is 0.356 e. The van der Waals surface area contributed by atoms with Gasteiger partial charge in [-0.1, -0.05) is 24.2 Å². The molecule has 2 heterocycles. The van der Waals surface area contributed by atoms with Crippen LogP contribution in [0, 0.1) is 6.92 Å². The Morgan fingerprint density at radius 3 is 2.54 bits per heavy atom. The zero-order valence-electron chi connectivity index (χ0n) is 16.4. The van der Waals surface area contributed by atoms with Crippen molar-refractivity contribution in [2.45, 2.75) is 33.2 Å². The standard InChI is InChI=1S/C20H25N5OS.HI/c1-4-18-24-19(26-25-18)16-8-6-15(7-9-16)11-12-22-20(21-3)23-13-17-10-5-14(2)27-17;/h5-10H,4,11-13H2,1-3H3,(H2,21,22,23);1H. The highest BCUT2D eigenvalue weighted by Crippen LogP contribution is 2.18. The van der Waals surface area contributed by atoms with Crippen LogP contribution >= 0.6 is 35.3 Å². The quantitative estimate of drug-likeness (QED) is 0.283. The van der Waals surface area contributed by atoms with Crippen molar-refractivity contribution in [3.63, 3.8) is 0 Å². The lowest BCUT2D eigenvalue weighted by molar-refractivity contribution is 0.423. The lowest BCUT2D eigenvalue weighted by Gasteiger charge is -2.11. The average Bonchev–Trinajstić information content (AvgIpc) is 3.34. The minimum Gasteiger partial charge on any atom is -0.356 e. The first-order valence-electron chi connectivity index (χ1n) is 9.09. The molecule has 2 N–H and O–H groups in total. The Bertz CT molecular complexity index is 888. The topological polar surface area (TPSA) is 75.3 Å². The maximum absolute atomic E-state index is 5.28. The number of thiophene rings is 1. The Morgan fingerprint density at radius 2 is 1.93 bits per heavy atom. The van der Waals surface area contributed by atoms with E-state index >= 15 is 0 Å². The van der Waals surface area contributed by atoms with Gasteiger partial charge in [0, 0.05) is 35.3 Å². The van der Waals surface area contributed by atoms with Crippen LogP contribution in [0.1, 0.15) is 28.1 Å². The second-order valence-corrected chi connectivity index (χ2v) is 7.55. The maximum atomic E-state index is 5.28. The van der Waals surface area contributed by atoms with E-state index < -0.39 is 0 Å². The fourth-order valence-corrected chi connectivity index (χ4v) is 3.46. The van der Waals surface area contributed by atoms with Gasteiger partial charge in [-0.15, -0.1) is 35.3 Å². The highest BCUT2D eigenvalue weighted by molar-refractivity contribution is 14.0. The minimum atomic E-state index is 0. The van der Waals surface area contributed by atoms with Crippen molar-refractivity contribution in [1.29, 1.82) is 0 Å². The van der Waals surface area contributed by atoms with Crippen LogP contribution in [-0.2, 0) is 19.4 Å². The first-order valence-corrected chi connectivity index (χ1v) is 9.91. The molecule has 6 nitrogen and oxygen atoms in total. The molecule has 0 unspecified atom stereocenters. The van der Waals surface area contributed by atoms with Gasteiger partial charge in [0.1, 0.15) is 0 Å². The molecule has 1 aromatic carbocycles. The van der Waals surface area contributed by atoms with E-state index in [0.717, 1.165) is 43.3 Å². The average molecular weight is 511 g/mol. The second kappa shape index (κ2) is 11.2. The number of aryl methyl sites for hydroxylation is 2. The fourth-order valence-electron chi connectivity index (χ4n) is 2.63. The van der Waals surface area contributed by atoms with Gasteiger partial charge in [-0.3, -0.25) is 4.99 Å². The van der Waals surface area contributed by atoms with Crippen LogP contribution in [0.15, 0.2) is 45.9 Å². The molecule has 28 heavy (non-hydrogen) atoms. The van der Waals surface area contributed by atoms with E-state index in [1.165, 1.54) is 15.3 Å². The van der Waals surface area contributed by atoms with Crippen LogP contribution in [-0.4, -0.2) is 29.7 Å². The van der Waals surface area contributed by atoms with E-state index in [9.17, 15) is 0 Å². The van der Waals surface area contributed by atoms with E-state index in [4.69, 9.17) is 4.52 Å². The minimum absolute atomic E-state index is 0. The Balaban J connectivity index is 0.00000280. The Morgan fingerprint density at radius 1 is 1.14 bits per heavy atom. The summed E-state index contributed by atoms with van der Waals surface area (Å²) in [6, 6.07) is 12.5. The van der Waals surface area contributed by atoms with Gasteiger partial charge in [0.15, 0.2) is 11.8 Å². The number of benzene rings is 1. The van der Waals surface area contributed by atoms with Crippen molar-refractivity contribution in [3.05, 3.63) is 57.5 Å².